The van der Waals surface area contributed by atoms with Crippen LogP contribution in [0.5, 0.6) is 0 Å². The van der Waals surface area contributed by atoms with Crippen molar-refractivity contribution in [1.29, 1.82) is 0 Å². The summed E-state index contributed by atoms with van der Waals surface area (Å²) in [5.41, 5.74) is 4.75. The number of carbonyl (C=O) groups is 1. The van der Waals surface area contributed by atoms with Crippen molar-refractivity contribution in [3.05, 3.63) is 0 Å². The molecule has 18 heavy (non-hydrogen) atoms. The molecule has 106 valence electrons. The fourth-order valence-electron chi connectivity index (χ4n) is 2.57. The van der Waals surface area contributed by atoms with Crippen molar-refractivity contribution in [3.8, 4) is 0 Å². The van der Waals surface area contributed by atoms with Gasteiger partial charge in [-0.15, -0.1) is 0 Å². The third-order valence-electron chi connectivity index (χ3n) is 3.59. The lowest BCUT2D eigenvalue weighted by Gasteiger charge is -2.47. The Bertz CT molecular complexity index is 310. The monoisotopic (exact) mass is 257 g/mol. The molecule has 3 N–H and O–H groups in total. The van der Waals surface area contributed by atoms with Crippen LogP contribution in [-0.2, 0) is 4.79 Å². The molecule has 1 saturated heterocycles. The second kappa shape index (κ2) is 5.15. The second-order valence-corrected chi connectivity index (χ2v) is 6.54. The second-order valence-electron chi connectivity index (χ2n) is 6.54. The predicted molar refractivity (Wildman–Crippen MR) is 72.2 cm³/mol. The van der Waals surface area contributed by atoms with Crippen LogP contribution in [0.3, 0.4) is 0 Å². The number of hydrogen-bond acceptors (Lipinski definition) is 4. The topological polar surface area (TPSA) is 69.8 Å². The van der Waals surface area contributed by atoms with Crippen molar-refractivity contribution in [2.24, 2.45) is 5.73 Å². The Morgan fingerprint density at radius 2 is 1.89 bits per heavy atom. The van der Waals surface area contributed by atoms with Gasteiger partial charge in [-0.3, -0.25) is 9.69 Å². The largest absolute Gasteiger partial charge is 0.394 e. The highest BCUT2D eigenvalue weighted by Gasteiger charge is 2.37. The molecule has 0 aliphatic carbocycles. The molecule has 0 bridgehead atoms. The number of nitrogens with two attached hydrogens (primary N) is 1. The van der Waals surface area contributed by atoms with Gasteiger partial charge >= 0.3 is 0 Å². The molecule has 1 aliphatic heterocycles. The number of carbonyl (C=O) groups excluding carboxylic acids is 1. The lowest BCUT2D eigenvalue weighted by Crippen LogP contribution is -2.64. The van der Waals surface area contributed by atoms with E-state index in [0.717, 1.165) is 6.54 Å². The summed E-state index contributed by atoms with van der Waals surface area (Å²) in [5.74, 6) is -0.162. The van der Waals surface area contributed by atoms with Gasteiger partial charge in [-0.25, -0.2) is 0 Å². The number of aliphatic hydroxyl groups is 1. The zero-order chi connectivity index (χ0) is 14.1. The van der Waals surface area contributed by atoms with Crippen molar-refractivity contribution in [1.82, 2.24) is 9.80 Å². The molecule has 1 rings (SSSR count). The van der Waals surface area contributed by atoms with E-state index in [1.165, 1.54) is 0 Å². The molecule has 1 fully saturated rings. The third-order valence-corrected chi connectivity index (χ3v) is 3.59. The van der Waals surface area contributed by atoms with Crippen LogP contribution >= 0.6 is 0 Å². The van der Waals surface area contributed by atoms with Gasteiger partial charge in [0.2, 0.25) is 5.91 Å². The summed E-state index contributed by atoms with van der Waals surface area (Å²) in [6.07, 6.45) is 0. The van der Waals surface area contributed by atoms with E-state index >= 15 is 0 Å². The smallest absolute Gasteiger partial charge is 0.244 e. The fraction of sp³-hybridized carbons (Fsp3) is 0.923. The summed E-state index contributed by atoms with van der Waals surface area (Å²) in [5, 5.41) is 9.16. The predicted octanol–water partition coefficient (Wildman–Crippen LogP) is 0.0273. The van der Waals surface area contributed by atoms with E-state index in [1.807, 2.05) is 0 Å². The summed E-state index contributed by atoms with van der Waals surface area (Å²) in [7, 11) is 0. The van der Waals surface area contributed by atoms with Crippen LogP contribution in [0.4, 0.5) is 0 Å². The first-order chi connectivity index (χ1) is 8.09. The number of hydrogen-bond donors (Lipinski definition) is 2. The van der Waals surface area contributed by atoms with Crippen molar-refractivity contribution in [2.45, 2.75) is 51.7 Å². The van der Waals surface area contributed by atoms with Gasteiger partial charge in [-0.2, -0.15) is 0 Å². The summed E-state index contributed by atoms with van der Waals surface area (Å²) < 4.78 is 0. The number of amides is 1. The van der Waals surface area contributed by atoms with Crippen LogP contribution < -0.4 is 5.73 Å². The first-order valence-electron chi connectivity index (χ1n) is 6.55. The zero-order valence-electron chi connectivity index (χ0n) is 12.2. The average molecular weight is 257 g/mol. The minimum atomic E-state index is -1.16. The van der Waals surface area contributed by atoms with Gasteiger partial charge in [0, 0.05) is 31.2 Å². The molecule has 0 unspecified atom stereocenters. The average Bonchev–Trinajstić information content (AvgIpc) is 2.26. The summed E-state index contributed by atoms with van der Waals surface area (Å²) in [4.78, 5) is 16.3. The van der Waals surface area contributed by atoms with Gasteiger partial charge in [0.1, 0.15) is 5.54 Å². The molecular weight excluding hydrogens is 230 g/mol. The Labute approximate surface area is 110 Å². The van der Waals surface area contributed by atoms with E-state index in [2.05, 4.69) is 32.6 Å². The molecule has 0 radical (unpaired) electrons. The standard InChI is InChI=1S/C13H27N3O2/c1-10-8-15(11(18)13(5,14)9-17)6-7-16(10)12(2,3)4/h10,17H,6-9,14H2,1-5H3/t10-,13-/m1/s1. The maximum atomic E-state index is 12.2. The Morgan fingerprint density at radius 3 is 2.28 bits per heavy atom. The highest BCUT2D eigenvalue weighted by Crippen LogP contribution is 2.21. The molecule has 0 aromatic heterocycles. The minimum absolute atomic E-state index is 0.109. The molecular formula is C13H27N3O2. The van der Waals surface area contributed by atoms with Gasteiger partial charge in [-0.1, -0.05) is 0 Å². The number of nitrogens with zero attached hydrogens (tertiary/aromatic N) is 2. The Kier molecular flexibility index (Phi) is 4.41. The summed E-state index contributed by atoms with van der Waals surface area (Å²) in [6, 6.07) is 0.303. The lowest BCUT2D eigenvalue weighted by molar-refractivity contribution is -0.142. The molecule has 2 atom stereocenters. The summed E-state index contributed by atoms with van der Waals surface area (Å²) in [6.45, 7) is 12.1. The quantitative estimate of drug-likeness (QED) is 0.732. The van der Waals surface area contributed by atoms with E-state index in [-0.39, 0.29) is 18.1 Å². The van der Waals surface area contributed by atoms with E-state index in [4.69, 9.17) is 10.8 Å². The number of rotatable bonds is 2. The zero-order valence-corrected chi connectivity index (χ0v) is 12.2. The highest BCUT2D eigenvalue weighted by atomic mass is 16.3. The van der Waals surface area contributed by atoms with Crippen LogP contribution in [-0.4, -0.2) is 64.2 Å². The van der Waals surface area contributed by atoms with Crippen LogP contribution in [0.1, 0.15) is 34.6 Å². The Morgan fingerprint density at radius 1 is 1.33 bits per heavy atom. The molecule has 1 aliphatic rings. The lowest BCUT2D eigenvalue weighted by atomic mass is 9.98. The molecule has 0 aromatic rings. The van der Waals surface area contributed by atoms with E-state index in [0.29, 0.717) is 19.1 Å². The minimum Gasteiger partial charge on any atom is -0.394 e. The molecule has 5 heteroatoms. The fourth-order valence-corrected chi connectivity index (χ4v) is 2.57. The summed E-state index contributed by atoms with van der Waals surface area (Å²) >= 11 is 0. The van der Waals surface area contributed by atoms with Gasteiger partial charge in [0.05, 0.1) is 6.61 Å². The number of piperazine rings is 1. The van der Waals surface area contributed by atoms with Crippen LogP contribution in [0.25, 0.3) is 0 Å². The van der Waals surface area contributed by atoms with Crippen LogP contribution in [0.15, 0.2) is 0 Å². The van der Waals surface area contributed by atoms with Crippen molar-refractivity contribution in [2.75, 3.05) is 26.2 Å². The first-order valence-corrected chi connectivity index (χ1v) is 6.55. The van der Waals surface area contributed by atoms with Gasteiger partial charge in [0.15, 0.2) is 0 Å². The first kappa shape index (κ1) is 15.4. The van der Waals surface area contributed by atoms with Crippen LogP contribution in [0, 0.1) is 0 Å². The van der Waals surface area contributed by atoms with Gasteiger partial charge < -0.3 is 15.7 Å². The Hall–Kier alpha value is -0.650. The Balaban J connectivity index is 2.70. The molecule has 0 aromatic carbocycles. The molecule has 5 nitrogen and oxygen atoms in total. The maximum Gasteiger partial charge on any atom is 0.244 e. The number of aliphatic hydroxyl groups excluding tert-OH is 1. The van der Waals surface area contributed by atoms with Crippen molar-refractivity contribution >= 4 is 5.91 Å². The van der Waals surface area contributed by atoms with E-state index < -0.39 is 5.54 Å². The maximum absolute atomic E-state index is 12.2. The van der Waals surface area contributed by atoms with Gasteiger partial charge in [-0.05, 0) is 34.6 Å². The SMILES string of the molecule is C[C@@H]1CN(C(=O)[C@](C)(N)CO)CCN1C(C)(C)C. The molecule has 1 amide bonds. The third kappa shape index (κ3) is 3.22. The van der Waals surface area contributed by atoms with Crippen molar-refractivity contribution in [3.63, 3.8) is 0 Å². The molecule has 0 spiro atoms. The van der Waals surface area contributed by atoms with Gasteiger partial charge in [0.25, 0.3) is 0 Å². The van der Waals surface area contributed by atoms with E-state index in [9.17, 15) is 4.79 Å². The van der Waals surface area contributed by atoms with Crippen molar-refractivity contribution < 1.29 is 9.90 Å². The van der Waals surface area contributed by atoms with Crippen LogP contribution in [0.2, 0.25) is 0 Å². The molecule has 1 heterocycles. The van der Waals surface area contributed by atoms with E-state index in [1.54, 1.807) is 11.8 Å². The molecule has 0 saturated carbocycles. The highest BCUT2D eigenvalue weighted by molar-refractivity contribution is 5.86. The normalized spacial score (nSPS) is 25.9.